The molecule has 0 heterocycles. The van der Waals surface area contributed by atoms with Crippen LogP contribution in [0, 0.1) is 0 Å². The topological polar surface area (TPSA) is 88.7 Å². The van der Waals surface area contributed by atoms with Crippen molar-refractivity contribution in [3.63, 3.8) is 0 Å². The van der Waals surface area contributed by atoms with E-state index in [4.69, 9.17) is 15.5 Å². The van der Waals surface area contributed by atoms with E-state index in [0.29, 0.717) is 12.3 Å². The fourth-order valence-electron chi connectivity index (χ4n) is 3.14. The van der Waals surface area contributed by atoms with Crippen molar-refractivity contribution >= 4 is 22.6 Å². The molecule has 0 aliphatic heterocycles. The Kier molecular flexibility index (Phi) is 7.27. The highest BCUT2D eigenvalue weighted by molar-refractivity contribution is 5.84. The molecule has 156 valence electrons. The molecular formula is C24H28N4O2. The number of primary amides is 1. The molecule has 0 saturated heterocycles. The van der Waals surface area contributed by atoms with Crippen molar-refractivity contribution in [1.82, 2.24) is 10.6 Å². The van der Waals surface area contributed by atoms with E-state index in [1.807, 2.05) is 31.2 Å². The van der Waals surface area contributed by atoms with Gasteiger partial charge in [0.2, 0.25) is 0 Å². The van der Waals surface area contributed by atoms with Gasteiger partial charge in [-0.1, -0.05) is 48.5 Å². The van der Waals surface area contributed by atoms with E-state index in [-0.39, 0.29) is 12.6 Å². The average Bonchev–Trinajstić information content (AvgIpc) is 2.76. The minimum Gasteiger partial charge on any atom is -0.484 e. The molecule has 3 rings (SSSR count). The largest absolute Gasteiger partial charge is 0.484 e. The first-order valence-corrected chi connectivity index (χ1v) is 10.1. The number of ether oxygens (including phenoxy) is 1. The Hall–Kier alpha value is -3.54. The van der Waals surface area contributed by atoms with Gasteiger partial charge in [-0.2, -0.15) is 0 Å². The fraction of sp³-hybridized carbons (Fsp3) is 0.250. The Bertz CT molecular complexity index is 1030. The van der Waals surface area contributed by atoms with Crippen LogP contribution in [0.25, 0.3) is 10.8 Å². The lowest BCUT2D eigenvalue weighted by molar-refractivity contribution is -0.119. The molecule has 0 spiro atoms. The number of hydrogen-bond donors (Lipinski definition) is 3. The number of hydrogen-bond acceptors (Lipinski definition) is 3. The van der Waals surface area contributed by atoms with Gasteiger partial charge in [-0.25, -0.2) is 4.99 Å². The molecule has 6 heteroatoms. The summed E-state index contributed by atoms with van der Waals surface area (Å²) in [7, 11) is 0. The number of benzene rings is 3. The first-order chi connectivity index (χ1) is 14.5. The third kappa shape index (κ3) is 5.98. The van der Waals surface area contributed by atoms with E-state index in [9.17, 15) is 4.79 Å². The van der Waals surface area contributed by atoms with Crippen molar-refractivity contribution in [2.75, 3.05) is 13.2 Å². The van der Waals surface area contributed by atoms with Crippen LogP contribution >= 0.6 is 0 Å². The number of guanidine groups is 1. The van der Waals surface area contributed by atoms with Crippen LogP contribution in [-0.4, -0.2) is 25.0 Å². The smallest absolute Gasteiger partial charge is 0.255 e. The maximum atomic E-state index is 10.9. The fourth-order valence-corrected chi connectivity index (χ4v) is 3.14. The summed E-state index contributed by atoms with van der Waals surface area (Å²) in [5, 5.41) is 9.21. The zero-order chi connectivity index (χ0) is 21.3. The third-order valence-corrected chi connectivity index (χ3v) is 4.67. The monoisotopic (exact) mass is 404 g/mol. The number of carbonyl (C=O) groups is 1. The van der Waals surface area contributed by atoms with Crippen LogP contribution in [0.2, 0.25) is 0 Å². The molecule has 1 atom stereocenters. The second-order valence-electron chi connectivity index (χ2n) is 7.07. The van der Waals surface area contributed by atoms with Crippen LogP contribution in [0.4, 0.5) is 0 Å². The molecule has 3 aromatic rings. The number of nitrogens with one attached hydrogen (secondary N) is 2. The maximum Gasteiger partial charge on any atom is 0.255 e. The van der Waals surface area contributed by atoms with Crippen LogP contribution < -0.4 is 21.1 Å². The number of amides is 1. The van der Waals surface area contributed by atoms with Gasteiger partial charge in [0, 0.05) is 6.54 Å². The first kappa shape index (κ1) is 21.2. The highest BCUT2D eigenvalue weighted by Gasteiger charge is 2.09. The molecular weight excluding hydrogens is 376 g/mol. The second kappa shape index (κ2) is 10.3. The number of carbonyl (C=O) groups excluding carboxylic acids is 1. The highest BCUT2D eigenvalue weighted by Crippen LogP contribution is 2.20. The Morgan fingerprint density at radius 1 is 1.07 bits per heavy atom. The molecule has 0 aliphatic rings. The van der Waals surface area contributed by atoms with Gasteiger partial charge >= 0.3 is 0 Å². The lowest BCUT2D eigenvalue weighted by atomic mass is 10.0. The second-order valence-corrected chi connectivity index (χ2v) is 7.07. The van der Waals surface area contributed by atoms with Crippen LogP contribution in [-0.2, 0) is 11.3 Å². The SMILES string of the molecule is CCNC(=NCc1cccc(OCC(N)=O)c1)NC(C)c1ccc2ccccc2c1. The zero-order valence-corrected chi connectivity index (χ0v) is 17.4. The summed E-state index contributed by atoms with van der Waals surface area (Å²) in [6.45, 7) is 5.26. The maximum absolute atomic E-state index is 10.9. The van der Waals surface area contributed by atoms with E-state index in [0.717, 1.165) is 18.1 Å². The molecule has 0 radical (unpaired) electrons. The van der Waals surface area contributed by atoms with Gasteiger partial charge < -0.3 is 21.1 Å². The number of fused-ring (bicyclic) bond motifs is 1. The standard InChI is InChI=1S/C24H28N4O2/c1-3-26-24(27-15-18-7-6-10-22(13-18)30-16-23(25)29)28-17(2)20-12-11-19-8-4-5-9-21(19)14-20/h4-14,17H,3,15-16H2,1-2H3,(H2,25,29)(H2,26,27,28). The minimum atomic E-state index is -0.500. The van der Waals surface area contributed by atoms with Crippen molar-refractivity contribution in [2.45, 2.75) is 26.4 Å². The van der Waals surface area contributed by atoms with Gasteiger partial charge in [-0.15, -0.1) is 0 Å². The molecule has 1 amide bonds. The Morgan fingerprint density at radius 2 is 1.87 bits per heavy atom. The molecule has 0 fully saturated rings. The van der Waals surface area contributed by atoms with E-state index < -0.39 is 5.91 Å². The van der Waals surface area contributed by atoms with E-state index in [1.54, 1.807) is 6.07 Å². The van der Waals surface area contributed by atoms with Gasteiger partial charge in [-0.05, 0) is 53.9 Å². The summed E-state index contributed by atoms with van der Waals surface area (Å²) in [5.74, 6) is 0.838. The predicted octanol–water partition coefficient (Wildman–Crippen LogP) is 3.52. The molecule has 0 bridgehead atoms. The quantitative estimate of drug-likeness (QED) is 0.396. The van der Waals surface area contributed by atoms with Gasteiger partial charge in [0.15, 0.2) is 12.6 Å². The molecule has 0 aliphatic carbocycles. The predicted molar refractivity (Wildman–Crippen MR) is 121 cm³/mol. The summed E-state index contributed by atoms with van der Waals surface area (Å²) in [4.78, 5) is 15.6. The van der Waals surface area contributed by atoms with E-state index in [2.05, 4.69) is 54.0 Å². The van der Waals surface area contributed by atoms with Gasteiger partial charge in [0.1, 0.15) is 5.75 Å². The number of nitrogens with zero attached hydrogens (tertiary/aromatic N) is 1. The van der Waals surface area contributed by atoms with Crippen molar-refractivity contribution in [2.24, 2.45) is 10.7 Å². The number of aliphatic imine (C=N–C) groups is 1. The molecule has 1 unspecified atom stereocenters. The lowest BCUT2D eigenvalue weighted by Gasteiger charge is -2.19. The summed E-state index contributed by atoms with van der Waals surface area (Å²) in [6, 6.07) is 22.4. The summed E-state index contributed by atoms with van der Waals surface area (Å²) < 4.78 is 5.37. The van der Waals surface area contributed by atoms with Gasteiger partial charge in [0.05, 0.1) is 12.6 Å². The summed E-state index contributed by atoms with van der Waals surface area (Å²) in [5.41, 5.74) is 7.31. The van der Waals surface area contributed by atoms with Crippen molar-refractivity contribution < 1.29 is 9.53 Å². The highest BCUT2D eigenvalue weighted by atomic mass is 16.5. The zero-order valence-electron chi connectivity index (χ0n) is 17.4. The van der Waals surface area contributed by atoms with Crippen molar-refractivity contribution in [1.29, 1.82) is 0 Å². The summed E-state index contributed by atoms with van der Waals surface area (Å²) >= 11 is 0. The van der Waals surface area contributed by atoms with Crippen LogP contribution in [0.3, 0.4) is 0 Å². The molecule has 0 saturated carbocycles. The van der Waals surface area contributed by atoms with E-state index in [1.165, 1.54) is 16.3 Å². The normalized spacial score (nSPS) is 12.4. The Balaban J connectivity index is 1.69. The molecule has 30 heavy (non-hydrogen) atoms. The van der Waals surface area contributed by atoms with Crippen molar-refractivity contribution in [3.8, 4) is 5.75 Å². The number of nitrogens with two attached hydrogens (primary N) is 1. The lowest BCUT2D eigenvalue weighted by Crippen LogP contribution is -2.38. The molecule has 6 nitrogen and oxygen atoms in total. The average molecular weight is 405 g/mol. The van der Waals surface area contributed by atoms with Crippen LogP contribution in [0.1, 0.15) is 31.0 Å². The van der Waals surface area contributed by atoms with Crippen molar-refractivity contribution in [3.05, 3.63) is 77.9 Å². The Labute approximate surface area is 177 Å². The first-order valence-electron chi connectivity index (χ1n) is 10.1. The summed E-state index contributed by atoms with van der Waals surface area (Å²) in [6.07, 6.45) is 0. The van der Waals surface area contributed by atoms with Gasteiger partial charge in [0.25, 0.3) is 5.91 Å². The van der Waals surface area contributed by atoms with Gasteiger partial charge in [-0.3, -0.25) is 4.79 Å². The minimum absolute atomic E-state index is 0.0950. The third-order valence-electron chi connectivity index (χ3n) is 4.67. The molecule has 4 N–H and O–H groups in total. The van der Waals surface area contributed by atoms with E-state index >= 15 is 0 Å². The number of rotatable bonds is 8. The molecule has 0 aromatic heterocycles. The Morgan fingerprint density at radius 3 is 2.63 bits per heavy atom. The van der Waals surface area contributed by atoms with Crippen LogP contribution in [0.5, 0.6) is 5.75 Å². The van der Waals surface area contributed by atoms with Crippen LogP contribution in [0.15, 0.2) is 71.7 Å². The molecule has 3 aromatic carbocycles.